The first-order valence-corrected chi connectivity index (χ1v) is 4.70. The van der Waals surface area contributed by atoms with E-state index in [1.165, 1.54) is 4.90 Å². The van der Waals surface area contributed by atoms with Crippen LogP contribution in [0.15, 0.2) is 30.3 Å². The van der Waals surface area contributed by atoms with Crippen LogP contribution in [0.25, 0.3) is 0 Å². The summed E-state index contributed by atoms with van der Waals surface area (Å²) in [6, 6.07) is 9.32. The summed E-state index contributed by atoms with van der Waals surface area (Å²) in [5, 5.41) is 0. The average Bonchev–Trinajstić information content (AvgIpc) is 2.29. The number of hydrogen-bond acceptors (Lipinski definition) is 3. The van der Waals surface area contributed by atoms with Crippen LogP contribution in [-0.2, 0) is 9.47 Å². The van der Waals surface area contributed by atoms with Gasteiger partial charge < -0.3 is 9.47 Å². The van der Waals surface area contributed by atoms with E-state index in [0.29, 0.717) is 6.61 Å². The van der Waals surface area contributed by atoms with Gasteiger partial charge in [-0.3, -0.25) is 4.90 Å². The molecule has 0 spiro atoms. The molecule has 0 radical (unpaired) electrons. The van der Waals surface area contributed by atoms with E-state index in [1.807, 2.05) is 30.3 Å². The summed E-state index contributed by atoms with van der Waals surface area (Å²) < 4.78 is 9.74. The van der Waals surface area contributed by atoms with E-state index >= 15 is 0 Å². The molecule has 82 valence electrons. The number of anilines is 1. The average molecular weight is 209 g/mol. The Kier molecular flexibility index (Phi) is 4.63. The fraction of sp³-hybridized carbons (Fsp3) is 0.364. The number of amides is 1. The summed E-state index contributed by atoms with van der Waals surface area (Å²) in [4.78, 5) is 12.9. The quantitative estimate of drug-likeness (QED) is 0.711. The monoisotopic (exact) mass is 209 g/mol. The molecule has 0 aliphatic carbocycles. The normalized spacial score (nSPS) is 9.73. The molecule has 0 unspecified atom stereocenters. The van der Waals surface area contributed by atoms with Crippen molar-refractivity contribution in [2.24, 2.45) is 0 Å². The van der Waals surface area contributed by atoms with Gasteiger partial charge in [-0.25, -0.2) is 4.79 Å². The number of para-hydroxylation sites is 1. The maximum Gasteiger partial charge on any atom is 0.414 e. The van der Waals surface area contributed by atoms with Crippen molar-refractivity contribution in [2.75, 3.05) is 32.3 Å². The van der Waals surface area contributed by atoms with Crippen molar-refractivity contribution in [3.8, 4) is 0 Å². The molecule has 0 aromatic heterocycles. The number of methoxy groups -OCH3 is 1. The fourth-order valence-electron chi connectivity index (χ4n) is 1.07. The van der Waals surface area contributed by atoms with Gasteiger partial charge in [0.25, 0.3) is 0 Å². The number of benzene rings is 1. The SMILES string of the molecule is COCCOC(=O)N(C)c1ccccc1. The third kappa shape index (κ3) is 3.59. The molecule has 0 heterocycles. The summed E-state index contributed by atoms with van der Waals surface area (Å²) >= 11 is 0. The number of rotatable bonds is 4. The number of nitrogens with zero attached hydrogens (tertiary/aromatic N) is 1. The van der Waals surface area contributed by atoms with Crippen LogP contribution in [-0.4, -0.2) is 33.5 Å². The summed E-state index contributed by atoms with van der Waals surface area (Å²) in [5.41, 5.74) is 0.805. The van der Waals surface area contributed by atoms with Crippen LogP contribution in [0.2, 0.25) is 0 Å². The minimum absolute atomic E-state index is 0.270. The predicted molar refractivity (Wildman–Crippen MR) is 58.1 cm³/mol. The third-order valence-corrected chi connectivity index (χ3v) is 1.93. The Hall–Kier alpha value is -1.55. The van der Waals surface area contributed by atoms with Gasteiger partial charge in [0.05, 0.1) is 6.61 Å². The predicted octanol–water partition coefficient (Wildman–Crippen LogP) is 1.91. The largest absolute Gasteiger partial charge is 0.447 e. The smallest absolute Gasteiger partial charge is 0.414 e. The molecule has 0 aliphatic heterocycles. The molecule has 0 saturated carbocycles. The minimum Gasteiger partial charge on any atom is -0.447 e. The van der Waals surface area contributed by atoms with Crippen molar-refractivity contribution in [1.29, 1.82) is 0 Å². The van der Waals surface area contributed by atoms with Gasteiger partial charge in [-0.05, 0) is 12.1 Å². The third-order valence-electron chi connectivity index (χ3n) is 1.93. The van der Waals surface area contributed by atoms with Crippen LogP contribution in [0, 0.1) is 0 Å². The molecule has 0 N–H and O–H groups in total. The molecule has 0 aliphatic rings. The van der Waals surface area contributed by atoms with Crippen molar-refractivity contribution in [3.05, 3.63) is 30.3 Å². The van der Waals surface area contributed by atoms with Crippen molar-refractivity contribution < 1.29 is 14.3 Å². The molecule has 0 saturated heterocycles. The summed E-state index contributed by atoms with van der Waals surface area (Å²) in [6.07, 6.45) is -0.377. The second-order valence-corrected chi connectivity index (χ2v) is 3.00. The van der Waals surface area contributed by atoms with E-state index in [1.54, 1.807) is 14.2 Å². The lowest BCUT2D eigenvalue weighted by molar-refractivity contribution is 0.104. The molecule has 0 bridgehead atoms. The van der Waals surface area contributed by atoms with E-state index in [2.05, 4.69) is 0 Å². The van der Waals surface area contributed by atoms with Crippen molar-refractivity contribution in [2.45, 2.75) is 0 Å². The molecule has 15 heavy (non-hydrogen) atoms. The highest BCUT2D eigenvalue weighted by Crippen LogP contribution is 2.11. The summed E-state index contributed by atoms with van der Waals surface area (Å²) in [7, 11) is 3.24. The first-order chi connectivity index (χ1) is 7.25. The molecule has 1 rings (SSSR count). The van der Waals surface area contributed by atoms with Gasteiger partial charge in [0, 0.05) is 19.8 Å². The van der Waals surface area contributed by atoms with Crippen LogP contribution in [0.4, 0.5) is 10.5 Å². The van der Waals surface area contributed by atoms with Crippen molar-refractivity contribution in [1.82, 2.24) is 0 Å². The van der Waals surface area contributed by atoms with Gasteiger partial charge >= 0.3 is 6.09 Å². The topological polar surface area (TPSA) is 38.8 Å². The Labute approximate surface area is 89.4 Å². The van der Waals surface area contributed by atoms with E-state index in [4.69, 9.17) is 9.47 Å². The molecule has 1 aromatic rings. The zero-order valence-corrected chi connectivity index (χ0v) is 8.97. The fourth-order valence-corrected chi connectivity index (χ4v) is 1.07. The first kappa shape index (κ1) is 11.5. The van der Waals surface area contributed by atoms with Gasteiger partial charge in [0.1, 0.15) is 6.61 Å². The second-order valence-electron chi connectivity index (χ2n) is 3.00. The van der Waals surface area contributed by atoms with Gasteiger partial charge in [-0.15, -0.1) is 0 Å². The maximum atomic E-state index is 11.5. The first-order valence-electron chi connectivity index (χ1n) is 4.70. The van der Waals surface area contributed by atoms with Gasteiger partial charge in [-0.2, -0.15) is 0 Å². The second kappa shape index (κ2) is 6.03. The van der Waals surface area contributed by atoms with E-state index < -0.39 is 0 Å². The van der Waals surface area contributed by atoms with E-state index in [-0.39, 0.29) is 12.7 Å². The van der Waals surface area contributed by atoms with Crippen molar-refractivity contribution >= 4 is 11.8 Å². The summed E-state index contributed by atoms with van der Waals surface area (Å²) in [6.45, 7) is 0.681. The van der Waals surface area contributed by atoms with E-state index in [9.17, 15) is 4.79 Å². The Morgan fingerprint density at radius 3 is 2.53 bits per heavy atom. The Balaban J connectivity index is 2.46. The highest BCUT2D eigenvalue weighted by Gasteiger charge is 2.10. The number of hydrogen-bond donors (Lipinski definition) is 0. The Morgan fingerprint density at radius 1 is 1.27 bits per heavy atom. The number of ether oxygens (including phenoxy) is 2. The minimum atomic E-state index is -0.377. The lowest BCUT2D eigenvalue weighted by Gasteiger charge is -2.16. The van der Waals surface area contributed by atoms with Crippen LogP contribution < -0.4 is 4.90 Å². The standard InChI is InChI=1S/C11H15NO3/c1-12(10-6-4-3-5-7-10)11(13)15-9-8-14-2/h3-7H,8-9H2,1-2H3. The molecule has 1 amide bonds. The highest BCUT2D eigenvalue weighted by molar-refractivity contribution is 5.86. The van der Waals surface area contributed by atoms with Crippen LogP contribution in [0.3, 0.4) is 0 Å². The van der Waals surface area contributed by atoms with Crippen LogP contribution in [0.1, 0.15) is 0 Å². The van der Waals surface area contributed by atoms with E-state index in [0.717, 1.165) is 5.69 Å². The maximum absolute atomic E-state index is 11.5. The van der Waals surface area contributed by atoms with Gasteiger partial charge in [0.15, 0.2) is 0 Å². The lowest BCUT2D eigenvalue weighted by Crippen LogP contribution is -2.28. The highest BCUT2D eigenvalue weighted by atomic mass is 16.6. The molecular formula is C11H15NO3. The van der Waals surface area contributed by atoms with Crippen LogP contribution >= 0.6 is 0 Å². The molecule has 0 fully saturated rings. The van der Waals surface area contributed by atoms with Crippen molar-refractivity contribution in [3.63, 3.8) is 0 Å². The number of carbonyl (C=O) groups is 1. The zero-order valence-electron chi connectivity index (χ0n) is 8.97. The molecule has 1 aromatic carbocycles. The number of carbonyl (C=O) groups excluding carboxylic acids is 1. The molecule has 4 nitrogen and oxygen atoms in total. The van der Waals surface area contributed by atoms with Gasteiger partial charge in [-0.1, -0.05) is 18.2 Å². The molecular weight excluding hydrogens is 194 g/mol. The lowest BCUT2D eigenvalue weighted by atomic mass is 10.3. The molecule has 4 heteroatoms. The molecule has 0 atom stereocenters. The Morgan fingerprint density at radius 2 is 1.93 bits per heavy atom. The zero-order chi connectivity index (χ0) is 11.1. The Bertz CT molecular complexity index is 300. The van der Waals surface area contributed by atoms with Gasteiger partial charge in [0.2, 0.25) is 0 Å². The summed E-state index contributed by atoms with van der Waals surface area (Å²) in [5.74, 6) is 0. The van der Waals surface area contributed by atoms with Crippen LogP contribution in [0.5, 0.6) is 0 Å².